The minimum absolute atomic E-state index is 0.326. The molecular formula is C13H18O. The lowest BCUT2D eigenvalue weighted by molar-refractivity contribution is 0.232. The molecule has 0 aromatic heterocycles. The van der Waals surface area contributed by atoms with Crippen molar-refractivity contribution >= 4 is 0 Å². The molecule has 0 aliphatic heterocycles. The summed E-state index contributed by atoms with van der Waals surface area (Å²) >= 11 is 0. The van der Waals surface area contributed by atoms with Crippen LogP contribution in [0.15, 0.2) is 18.2 Å². The number of benzene rings is 1. The average molecular weight is 190 g/mol. The average Bonchev–Trinajstić information content (AvgIpc) is 2.59. The summed E-state index contributed by atoms with van der Waals surface area (Å²) in [7, 11) is 0. The van der Waals surface area contributed by atoms with Crippen LogP contribution in [-0.4, -0.2) is 11.7 Å². The molecule has 1 aromatic carbocycles. The summed E-state index contributed by atoms with van der Waals surface area (Å²) < 4.78 is 0. The van der Waals surface area contributed by atoms with Gasteiger partial charge in [-0.2, -0.15) is 0 Å². The van der Waals surface area contributed by atoms with Crippen LogP contribution in [-0.2, 0) is 12.8 Å². The summed E-state index contributed by atoms with van der Waals surface area (Å²) in [5, 5.41) is 9.17. The van der Waals surface area contributed by atoms with Gasteiger partial charge in [0, 0.05) is 6.61 Å². The third-order valence-electron chi connectivity index (χ3n) is 3.19. The summed E-state index contributed by atoms with van der Waals surface area (Å²) in [4.78, 5) is 0. The second-order valence-electron chi connectivity index (χ2n) is 4.60. The first kappa shape index (κ1) is 9.72. The number of fused-ring (bicyclic) bond motifs is 1. The molecule has 1 aliphatic carbocycles. The Labute approximate surface area is 85.8 Å². The fraction of sp³-hybridized carbons (Fsp3) is 0.538. The van der Waals surface area contributed by atoms with Gasteiger partial charge >= 0.3 is 0 Å². The number of hydrogen-bond acceptors (Lipinski definition) is 1. The largest absolute Gasteiger partial charge is 0.396 e. The zero-order valence-corrected chi connectivity index (χ0v) is 8.96. The minimum atomic E-state index is 0.326. The predicted molar refractivity (Wildman–Crippen MR) is 58.5 cm³/mol. The number of aliphatic hydroxyl groups excluding tert-OH is 1. The second kappa shape index (κ2) is 3.74. The lowest BCUT2D eigenvalue weighted by Crippen LogP contribution is -2.04. The van der Waals surface area contributed by atoms with Gasteiger partial charge in [-0.05, 0) is 41.4 Å². The van der Waals surface area contributed by atoms with E-state index in [1.165, 1.54) is 16.7 Å². The Morgan fingerprint density at radius 1 is 1.36 bits per heavy atom. The topological polar surface area (TPSA) is 20.2 Å². The van der Waals surface area contributed by atoms with Gasteiger partial charge in [0.1, 0.15) is 0 Å². The molecule has 0 bridgehead atoms. The predicted octanol–water partition coefficient (Wildman–Crippen LogP) is 2.52. The molecule has 2 rings (SSSR count). The molecule has 1 heteroatoms. The van der Waals surface area contributed by atoms with Gasteiger partial charge in [0.05, 0.1) is 0 Å². The summed E-state index contributed by atoms with van der Waals surface area (Å²) in [6.45, 7) is 4.80. The van der Waals surface area contributed by atoms with Crippen LogP contribution >= 0.6 is 0 Å². The van der Waals surface area contributed by atoms with Crippen molar-refractivity contribution in [3.8, 4) is 0 Å². The van der Waals surface area contributed by atoms with Crippen LogP contribution in [0.1, 0.15) is 36.5 Å². The molecule has 0 saturated heterocycles. The highest BCUT2D eigenvalue weighted by Crippen LogP contribution is 2.32. The Balaban J connectivity index is 2.36. The Kier molecular flexibility index (Phi) is 2.60. The highest BCUT2D eigenvalue weighted by Gasteiger charge is 2.23. The maximum absolute atomic E-state index is 9.17. The van der Waals surface area contributed by atoms with E-state index < -0.39 is 0 Å². The molecule has 1 N–H and O–H groups in total. The Morgan fingerprint density at radius 2 is 2.14 bits per heavy atom. The fourth-order valence-corrected chi connectivity index (χ4v) is 2.44. The second-order valence-corrected chi connectivity index (χ2v) is 4.60. The molecule has 1 aliphatic rings. The maximum atomic E-state index is 9.17. The molecule has 76 valence electrons. The number of aliphatic hydroxyl groups is 1. The van der Waals surface area contributed by atoms with Crippen molar-refractivity contribution in [2.75, 3.05) is 6.61 Å². The molecule has 0 fully saturated rings. The maximum Gasteiger partial charge on any atom is 0.0465 e. The SMILES string of the molecule is CC(C)c1cccc2c1C[C@@H](CO)C2. The Bertz CT molecular complexity index is 328. The fourth-order valence-electron chi connectivity index (χ4n) is 2.44. The van der Waals surface area contributed by atoms with Crippen molar-refractivity contribution < 1.29 is 5.11 Å². The molecule has 0 saturated carbocycles. The van der Waals surface area contributed by atoms with Gasteiger partial charge in [-0.15, -0.1) is 0 Å². The third kappa shape index (κ3) is 1.57. The van der Waals surface area contributed by atoms with E-state index >= 15 is 0 Å². The van der Waals surface area contributed by atoms with E-state index in [4.69, 9.17) is 5.11 Å². The number of rotatable bonds is 2. The Morgan fingerprint density at radius 3 is 2.79 bits per heavy atom. The zero-order chi connectivity index (χ0) is 10.1. The highest BCUT2D eigenvalue weighted by molar-refractivity contribution is 5.40. The summed E-state index contributed by atoms with van der Waals surface area (Å²) in [5.41, 5.74) is 4.43. The first-order valence-corrected chi connectivity index (χ1v) is 5.44. The van der Waals surface area contributed by atoms with Crippen molar-refractivity contribution in [3.63, 3.8) is 0 Å². The van der Waals surface area contributed by atoms with E-state index in [-0.39, 0.29) is 0 Å². The first-order chi connectivity index (χ1) is 6.72. The van der Waals surface area contributed by atoms with Crippen molar-refractivity contribution in [3.05, 3.63) is 34.9 Å². The van der Waals surface area contributed by atoms with Crippen LogP contribution in [0.3, 0.4) is 0 Å². The number of hydrogen-bond donors (Lipinski definition) is 1. The third-order valence-corrected chi connectivity index (χ3v) is 3.19. The van der Waals surface area contributed by atoms with Crippen molar-refractivity contribution in [2.24, 2.45) is 5.92 Å². The van der Waals surface area contributed by atoms with Gasteiger partial charge in [-0.25, -0.2) is 0 Å². The van der Waals surface area contributed by atoms with Crippen LogP contribution in [0.4, 0.5) is 0 Å². The lowest BCUT2D eigenvalue weighted by atomic mass is 9.94. The highest BCUT2D eigenvalue weighted by atomic mass is 16.3. The normalized spacial score (nSPS) is 20.1. The van der Waals surface area contributed by atoms with E-state index in [0.717, 1.165) is 12.8 Å². The molecule has 0 radical (unpaired) electrons. The smallest absolute Gasteiger partial charge is 0.0465 e. The van der Waals surface area contributed by atoms with Crippen LogP contribution in [0.5, 0.6) is 0 Å². The molecular weight excluding hydrogens is 172 g/mol. The summed E-state index contributed by atoms with van der Waals surface area (Å²) in [6.07, 6.45) is 2.13. The van der Waals surface area contributed by atoms with Crippen molar-refractivity contribution in [1.29, 1.82) is 0 Å². The van der Waals surface area contributed by atoms with Crippen LogP contribution in [0.2, 0.25) is 0 Å². The molecule has 1 atom stereocenters. The minimum Gasteiger partial charge on any atom is -0.396 e. The quantitative estimate of drug-likeness (QED) is 0.759. The molecule has 1 nitrogen and oxygen atoms in total. The van der Waals surface area contributed by atoms with Crippen LogP contribution in [0.25, 0.3) is 0 Å². The molecule has 0 unspecified atom stereocenters. The van der Waals surface area contributed by atoms with E-state index in [0.29, 0.717) is 18.4 Å². The van der Waals surface area contributed by atoms with Gasteiger partial charge < -0.3 is 5.11 Å². The van der Waals surface area contributed by atoms with E-state index in [1.54, 1.807) is 0 Å². The van der Waals surface area contributed by atoms with Gasteiger partial charge in [0.25, 0.3) is 0 Å². The van der Waals surface area contributed by atoms with E-state index in [9.17, 15) is 0 Å². The molecule has 14 heavy (non-hydrogen) atoms. The zero-order valence-electron chi connectivity index (χ0n) is 8.96. The lowest BCUT2D eigenvalue weighted by Gasteiger charge is -2.11. The van der Waals surface area contributed by atoms with Gasteiger partial charge in [0.2, 0.25) is 0 Å². The van der Waals surface area contributed by atoms with E-state index in [2.05, 4.69) is 32.0 Å². The summed E-state index contributed by atoms with van der Waals surface area (Å²) in [6, 6.07) is 6.58. The molecule has 0 amide bonds. The Hall–Kier alpha value is -0.820. The van der Waals surface area contributed by atoms with E-state index in [1.807, 2.05) is 0 Å². The van der Waals surface area contributed by atoms with Crippen molar-refractivity contribution in [1.82, 2.24) is 0 Å². The van der Waals surface area contributed by atoms with Gasteiger partial charge in [-0.3, -0.25) is 0 Å². The van der Waals surface area contributed by atoms with Gasteiger partial charge in [0.15, 0.2) is 0 Å². The van der Waals surface area contributed by atoms with Crippen LogP contribution in [0, 0.1) is 5.92 Å². The molecule has 0 heterocycles. The van der Waals surface area contributed by atoms with Crippen LogP contribution < -0.4 is 0 Å². The van der Waals surface area contributed by atoms with Crippen molar-refractivity contribution in [2.45, 2.75) is 32.6 Å². The first-order valence-electron chi connectivity index (χ1n) is 5.44. The monoisotopic (exact) mass is 190 g/mol. The van der Waals surface area contributed by atoms with Gasteiger partial charge in [-0.1, -0.05) is 32.0 Å². The summed E-state index contributed by atoms with van der Waals surface area (Å²) in [5.74, 6) is 1.06. The standard InChI is InChI=1S/C13H18O/c1-9(2)12-5-3-4-11-6-10(8-14)7-13(11)12/h3-5,9-10,14H,6-8H2,1-2H3/t10-/m0/s1. The molecule has 1 aromatic rings. The molecule has 0 spiro atoms.